The summed E-state index contributed by atoms with van der Waals surface area (Å²) >= 11 is 12.1. The molecule has 2 aromatic rings. The second-order valence-corrected chi connectivity index (χ2v) is 4.99. The van der Waals surface area contributed by atoms with Gasteiger partial charge in [0.1, 0.15) is 11.3 Å². The Morgan fingerprint density at radius 3 is 2.83 bits per heavy atom. The number of para-hydroxylation sites is 1. The molecule has 2 rings (SSSR count). The van der Waals surface area contributed by atoms with Crippen molar-refractivity contribution in [2.75, 3.05) is 20.1 Å². The van der Waals surface area contributed by atoms with Gasteiger partial charge >= 0.3 is 0 Å². The van der Waals surface area contributed by atoms with Crippen LogP contribution in [0.15, 0.2) is 18.2 Å². The lowest BCUT2D eigenvalue weighted by atomic mass is 10.3. The molecule has 0 N–H and O–H groups in total. The van der Waals surface area contributed by atoms with Gasteiger partial charge in [0.25, 0.3) is 0 Å². The molecule has 1 aromatic heterocycles. The normalized spacial score (nSPS) is 11.6. The molecule has 1 aromatic carbocycles. The Kier molecular flexibility index (Phi) is 4.49. The van der Waals surface area contributed by atoms with Crippen molar-refractivity contribution in [1.82, 2.24) is 14.5 Å². The van der Waals surface area contributed by atoms with Gasteiger partial charge in [-0.2, -0.15) is 0 Å². The summed E-state index contributed by atoms with van der Waals surface area (Å²) in [5.41, 5.74) is 1.90. The maximum Gasteiger partial charge on any atom is 0.124 e. The van der Waals surface area contributed by atoms with E-state index in [1.165, 1.54) is 0 Å². The van der Waals surface area contributed by atoms with Crippen LogP contribution in [0, 0.1) is 0 Å². The Hall–Kier alpha value is -0.770. The Balaban J connectivity index is 2.38. The van der Waals surface area contributed by atoms with Gasteiger partial charge < -0.3 is 9.47 Å². The maximum absolute atomic E-state index is 6.16. The van der Waals surface area contributed by atoms with E-state index in [-0.39, 0.29) is 0 Å². The van der Waals surface area contributed by atoms with E-state index in [4.69, 9.17) is 23.2 Å². The third-order valence-corrected chi connectivity index (χ3v) is 3.72. The average molecular weight is 286 g/mol. The average Bonchev–Trinajstić information content (AvgIpc) is 2.75. The van der Waals surface area contributed by atoms with Crippen molar-refractivity contribution in [2.45, 2.75) is 19.3 Å². The van der Waals surface area contributed by atoms with Crippen LogP contribution in [0.1, 0.15) is 12.7 Å². The molecule has 0 aliphatic rings. The predicted octanol–water partition coefficient (Wildman–Crippen LogP) is 3.38. The van der Waals surface area contributed by atoms with E-state index in [1.807, 2.05) is 18.2 Å². The van der Waals surface area contributed by atoms with Crippen LogP contribution in [0.3, 0.4) is 0 Å². The summed E-state index contributed by atoms with van der Waals surface area (Å²) in [7, 11) is 2.10. The van der Waals surface area contributed by atoms with Crippen LogP contribution in [-0.2, 0) is 12.4 Å². The Bertz CT molecular complexity index is 536. The lowest BCUT2D eigenvalue weighted by Crippen LogP contribution is -2.23. The van der Waals surface area contributed by atoms with Crippen LogP contribution in [0.25, 0.3) is 11.0 Å². The highest BCUT2D eigenvalue weighted by Crippen LogP contribution is 2.24. The molecule has 0 saturated carbocycles. The molecular formula is C13H17Cl2N3. The number of imidazole rings is 1. The van der Waals surface area contributed by atoms with Gasteiger partial charge in [-0.25, -0.2) is 4.98 Å². The second kappa shape index (κ2) is 5.91. The SMILES string of the molecule is CCN(C)CCn1c(CCl)nc2c(Cl)cccc21. The highest BCUT2D eigenvalue weighted by atomic mass is 35.5. The van der Waals surface area contributed by atoms with Gasteiger partial charge in [-0.05, 0) is 25.7 Å². The van der Waals surface area contributed by atoms with Crippen molar-refractivity contribution >= 4 is 34.2 Å². The standard InChI is InChI=1S/C13H17Cl2N3/c1-3-17(2)7-8-18-11-6-4-5-10(15)13(11)16-12(18)9-14/h4-6H,3,7-9H2,1-2H3. The molecule has 0 radical (unpaired) electrons. The summed E-state index contributed by atoms with van der Waals surface area (Å²) in [6.45, 7) is 5.02. The first kappa shape index (κ1) is 13.7. The smallest absolute Gasteiger partial charge is 0.124 e. The highest BCUT2D eigenvalue weighted by Gasteiger charge is 2.12. The van der Waals surface area contributed by atoms with Gasteiger partial charge in [0.2, 0.25) is 0 Å². The van der Waals surface area contributed by atoms with E-state index in [0.717, 1.165) is 36.5 Å². The number of halogens is 2. The van der Waals surface area contributed by atoms with Crippen LogP contribution < -0.4 is 0 Å². The van der Waals surface area contributed by atoms with Gasteiger partial charge in [0.15, 0.2) is 0 Å². The van der Waals surface area contributed by atoms with Crippen molar-refractivity contribution in [3.8, 4) is 0 Å². The van der Waals surface area contributed by atoms with Gasteiger partial charge in [-0.3, -0.25) is 0 Å². The minimum Gasteiger partial charge on any atom is -0.326 e. The Morgan fingerprint density at radius 1 is 1.39 bits per heavy atom. The number of alkyl halides is 1. The Labute approximate surface area is 117 Å². The van der Waals surface area contributed by atoms with E-state index in [9.17, 15) is 0 Å². The first-order chi connectivity index (χ1) is 8.67. The molecule has 98 valence electrons. The first-order valence-electron chi connectivity index (χ1n) is 6.05. The lowest BCUT2D eigenvalue weighted by molar-refractivity contribution is 0.335. The van der Waals surface area contributed by atoms with E-state index in [0.29, 0.717) is 10.9 Å². The number of hydrogen-bond donors (Lipinski definition) is 0. The minimum absolute atomic E-state index is 0.404. The zero-order chi connectivity index (χ0) is 13.1. The zero-order valence-corrected chi connectivity index (χ0v) is 12.2. The van der Waals surface area contributed by atoms with E-state index in [1.54, 1.807) is 0 Å². The van der Waals surface area contributed by atoms with Gasteiger partial charge in [-0.1, -0.05) is 24.6 Å². The van der Waals surface area contributed by atoms with Crippen LogP contribution in [0.4, 0.5) is 0 Å². The second-order valence-electron chi connectivity index (χ2n) is 4.32. The molecule has 3 nitrogen and oxygen atoms in total. The minimum atomic E-state index is 0.404. The van der Waals surface area contributed by atoms with Crippen LogP contribution in [-0.4, -0.2) is 34.6 Å². The fraction of sp³-hybridized carbons (Fsp3) is 0.462. The molecule has 1 heterocycles. The van der Waals surface area contributed by atoms with E-state index < -0.39 is 0 Å². The molecular weight excluding hydrogens is 269 g/mol. The number of hydrogen-bond acceptors (Lipinski definition) is 2. The van der Waals surface area contributed by atoms with Crippen molar-refractivity contribution in [2.24, 2.45) is 0 Å². The molecule has 0 spiro atoms. The molecule has 0 saturated heterocycles. The zero-order valence-electron chi connectivity index (χ0n) is 10.7. The molecule has 0 amide bonds. The summed E-state index contributed by atoms with van der Waals surface area (Å²) < 4.78 is 2.15. The molecule has 0 aliphatic carbocycles. The summed E-state index contributed by atoms with van der Waals surface area (Å²) in [6.07, 6.45) is 0. The van der Waals surface area contributed by atoms with Crippen LogP contribution >= 0.6 is 23.2 Å². The number of aromatic nitrogens is 2. The van der Waals surface area contributed by atoms with Gasteiger partial charge in [-0.15, -0.1) is 11.6 Å². The lowest BCUT2D eigenvalue weighted by Gasteiger charge is -2.15. The topological polar surface area (TPSA) is 21.1 Å². The number of likely N-dealkylation sites (N-methyl/N-ethyl adjacent to an activating group) is 1. The van der Waals surface area contributed by atoms with E-state index in [2.05, 4.69) is 28.4 Å². The fourth-order valence-electron chi connectivity index (χ4n) is 1.94. The predicted molar refractivity (Wildman–Crippen MR) is 77.5 cm³/mol. The van der Waals surface area contributed by atoms with Gasteiger partial charge in [0, 0.05) is 13.1 Å². The summed E-state index contributed by atoms with van der Waals surface area (Å²) in [5, 5.41) is 0.682. The molecule has 5 heteroatoms. The third-order valence-electron chi connectivity index (χ3n) is 3.17. The van der Waals surface area contributed by atoms with Crippen LogP contribution in [0.5, 0.6) is 0 Å². The summed E-state index contributed by atoms with van der Waals surface area (Å²) in [4.78, 5) is 6.77. The molecule has 18 heavy (non-hydrogen) atoms. The van der Waals surface area contributed by atoms with Gasteiger partial charge in [0.05, 0.1) is 16.4 Å². The van der Waals surface area contributed by atoms with Crippen molar-refractivity contribution in [3.63, 3.8) is 0 Å². The Morgan fingerprint density at radius 2 is 2.17 bits per heavy atom. The summed E-state index contributed by atoms with van der Waals surface area (Å²) in [6, 6.07) is 5.85. The molecule has 0 bridgehead atoms. The largest absolute Gasteiger partial charge is 0.326 e. The fourth-order valence-corrected chi connectivity index (χ4v) is 2.36. The number of rotatable bonds is 5. The number of fused-ring (bicyclic) bond motifs is 1. The first-order valence-corrected chi connectivity index (χ1v) is 6.96. The maximum atomic E-state index is 6.16. The third kappa shape index (κ3) is 2.63. The number of benzene rings is 1. The quantitative estimate of drug-likeness (QED) is 0.786. The number of nitrogens with zero attached hydrogens (tertiary/aromatic N) is 3. The van der Waals surface area contributed by atoms with Crippen LogP contribution in [0.2, 0.25) is 5.02 Å². The van der Waals surface area contributed by atoms with Crippen molar-refractivity contribution in [1.29, 1.82) is 0 Å². The van der Waals surface area contributed by atoms with E-state index >= 15 is 0 Å². The van der Waals surface area contributed by atoms with Crippen molar-refractivity contribution < 1.29 is 0 Å². The summed E-state index contributed by atoms with van der Waals surface area (Å²) in [5.74, 6) is 1.28. The molecule has 0 atom stereocenters. The van der Waals surface area contributed by atoms with Crippen molar-refractivity contribution in [3.05, 3.63) is 29.0 Å². The highest BCUT2D eigenvalue weighted by molar-refractivity contribution is 6.34. The molecule has 0 unspecified atom stereocenters. The monoisotopic (exact) mass is 285 g/mol. The molecule has 0 aliphatic heterocycles. The molecule has 0 fully saturated rings.